The number of carbonyl (C=O) groups is 4. The number of hydrogen-bond acceptors (Lipinski definition) is 6. The lowest BCUT2D eigenvalue weighted by Crippen LogP contribution is -2.52. The molecule has 1 heterocycles. The zero-order chi connectivity index (χ0) is 24.2. The summed E-state index contributed by atoms with van der Waals surface area (Å²) >= 11 is 3.53. The lowest BCUT2D eigenvalue weighted by Gasteiger charge is -2.42. The number of hydrogen-bond donors (Lipinski definition) is 4. The first kappa shape index (κ1) is 24.7. The van der Waals surface area contributed by atoms with Gasteiger partial charge in [0.2, 0.25) is 0 Å². The molecule has 1 spiro atoms. The predicted molar refractivity (Wildman–Crippen MR) is 125 cm³/mol. The minimum atomic E-state index is -0.906. The van der Waals surface area contributed by atoms with E-state index in [1.54, 1.807) is 25.2 Å². The summed E-state index contributed by atoms with van der Waals surface area (Å²) in [5.41, 5.74) is 3.21. The van der Waals surface area contributed by atoms with Crippen molar-refractivity contribution in [3.05, 3.63) is 33.8 Å². The summed E-state index contributed by atoms with van der Waals surface area (Å²) in [6.07, 6.45) is 2.70. The van der Waals surface area contributed by atoms with Gasteiger partial charge in [-0.3, -0.25) is 14.4 Å². The molecule has 1 aromatic rings. The van der Waals surface area contributed by atoms with Crippen molar-refractivity contribution in [3.8, 4) is 0 Å². The van der Waals surface area contributed by atoms with E-state index < -0.39 is 23.5 Å². The molecule has 4 amide bonds. The monoisotopic (exact) mass is 521 g/mol. The van der Waals surface area contributed by atoms with Gasteiger partial charge in [0.1, 0.15) is 5.71 Å². The smallest absolute Gasteiger partial charge is 0.428 e. The summed E-state index contributed by atoms with van der Waals surface area (Å²) in [4.78, 5) is 47.5. The Kier molecular flexibility index (Phi) is 7.72. The van der Waals surface area contributed by atoms with Gasteiger partial charge in [-0.2, -0.15) is 5.10 Å². The number of likely N-dealkylation sites (N-methyl/N-ethyl adjacent to an activating group) is 1. The van der Waals surface area contributed by atoms with Crippen molar-refractivity contribution >= 4 is 45.5 Å². The zero-order valence-electron chi connectivity index (χ0n) is 18.8. The molecule has 0 aromatic heterocycles. The first-order valence-electron chi connectivity index (χ1n) is 10.8. The lowest BCUT2D eigenvalue weighted by molar-refractivity contribution is -0.139. The predicted octanol–water partition coefficient (Wildman–Crippen LogP) is 1.82. The number of nitrogens with one attached hydrogen (secondary N) is 4. The van der Waals surface area contributed by atoms with Crippen LogP contribution in [-0.4, -0.2) is 55.3 Å². The van der Waals surface area contributed by atoms with Crippen LogP contribution in [0.15, 0.2) is 27.8 Å². The molecule has 1 atom stereocenters. The molecular formula is C22H28BrN5O5. The summed E-state index contributed by atoms with van der Waals surface area (Å²) < 4.78 is 6.54. The maximum atomic E-state index is 12.1. The highest BCUT2D eigenvalue weighted by atomic mass is 79.9. The SMILES string of the molecule is CNC(=O)C(=O)N[C@@H](C)CC1CCC2(CC1)OC(=O)NN=C2c1cc(C(=O)NC)ccc1Br. The third-order valence-electron chi connectivity index (χ3n) is 6.10. The van der Waals surface area contributed by atoms with E-state index in [2.05, 4.69) is 42.4 Å². The fourth-order valence-corrected chi connectivity index (χ4v) is 4.86. The van der Waals surface area contributed by atoms with Gasteiger partial charge < -0.3 is 20.7 Å². The Hall–Kier alpha value is -2.95. The second-order valence-electron chi connectivity index (χ2n) is 8.36. The number of amides is 4. The van der Waals surface area contributed by atoms with Crippen molar-refractivity contribution in [3.63, 3.8) is 0 Å². The Bertz CT molecular complexity index is 987. The Morgan fingerprint density at radius 3 is 2.55 bits per heavy atom. The average Bonchev–Trinajstić information content (AvgIpc) is 2.80. The maximum Gasteiger partial charge on any atom is 0.428 e. The number of ether oxygens (including phenoxy) is 1. The van der Waals surface area contributed by atoms with Gasteiger partial charge in [-0.25, -0.2) is 10.2 Å². The first-order valence-corrected chi connectivity index (χ1v) is 11.6. The molecule has 1 aromatic carbocycles. The second kappa shape index (κ2) is 10.3. The van der Waals surface area contributed by atoms with Crippen LogP contribution < -0.4 is 21.4 Å². The lowest BCUT2D eigenvalue weighted by atomic mass is 9.72. The van der Waals surface area contributed by atoms with Crippen LogP contribution in [-0.2, 0) is 14.3 Å². The fraction of sp³-hybridized carbons (Fsp3) is 0.500. The molecule has 1 saturated carbocycles. The van der Waals surface area contributed by atoms with Crippen molar-refractivity contribution in [1.82, 2.24) is 21.4 Å². The molecule has 11 heteroatoms. The summed E-state index contributed by atoms with van der Waals surface area (Å²) in [5.74, 6) is -1.27. The molecule has 3 rings (SSSR count). The van der Waals surface area contributed by atoms with Gasteiger partial charge in [0.25, 0.3) is 5.91 Å². The summed E-state index contributed by atoms with van der Waals surface area (Å²) in [7, 11) is 2.97. The normalized spacial score (nSPS) is 23.0. The molecule has 1 fully saturated rings. The quantitative estimate of drug-likeness (QED) is 0.438. The zero-order valence-corrected chi connectivity index (χ0v) is 20.4. The van der Waals surface area contributed by atoms with Gasteiger partial charge in [0.05, 0.1) is 0 Å². The third-order valence-corrected chi connectivity index (χ3v) is 6.79. The van der Waals surface area contributed by atoms with Crippen molar-refractivity contribution in [1.29, 1.82) is 0 Å². The van der Waals surface area contributed by atoms with Crippen LogP contribution in [0.2, 0.25) is 0 Å². The van der Waals surface area contributed by atoms with Gasteiger partial charge >= 0.3 is 17.9 Å². The standard InChI is InChI=1S/C22H28BrN5O5/c1-12(26-20(31)19(30)25-3)10-13-6-8-22(9-7-13)17(27-28-21(32)33-22)15-11-14(18(29)24-2)4-5-16(15)23/h4-5,11-13H,6-10H2,1-3H3,(H,24,29)(H,25,30)(H,26,31)(H,28,32)/t12-,13?,22?/m0/s1. The fourth-order valence-electron chi connectivity index (χ4n) is 4.43. The number of benzene rings is 1. The highest BCUT2D eigenvalue weighted by Gasteiger charge is 2.47. The number of rotatable bonds is 5. The summed E-state index contributed by atoms with van der Waals surface area (Å²) in [6, 6.07) is 5.03. The van der Waals surface area contributed by atoms with Crippen LogP contribution in [0.5, 0.6) is 0 Å². The van der Waals surface area contributed by atoms with E-state index in [-0.39, 0.29) is 17.9 Å². The molecule has 2 aliphatic rings. The topological polar surface area (TPSA) is 138 Å². The number of hydrazone groups is 1. The molecule has 0 bridgehead atoms. The van der Waals surface area contributed by atoms with Gasteiger partial charge in [-0.1, -0.05) is 15.9 Å². The molecule has 178 valence electrons. The van der Waals surface area contributed by atoms with Crippen molar-refractivity contribution < 1.29 is 23.9 Å². The number of carbonyl (C=O) groups excluding carboxylic acids is 4. The van der Waals surface area contributed by atoms with Gasteiger partial charge in [0, 0.05) is 35.7 Å². The van der Waals surface area contributed by atoms with Crippen LogP contribution in [0.3, 0.4) is 0 Å². The van der Waals surface area contributed by atoms with E-state index >= 15 is 0 Å². The molecule has 1 aliphatic carbocycles. The second-order valence-corrected chi connectivity index (χ2v) is 9.22. The molecular weight excluding hydrogens is 494 g/mol. The minimum Gasteiger partial charge on any atom is -0.435 e. The Morgan fingerprint density at radius 1 is 1.21 bits per heavy atom. The first-order chi connectivity index (χ1) is 15.7. The average molecular weight is 522 g/mol. The Balaban J connectivity index is 1.75. The largest absolute Gasteiger partial charge is 0.435 e. The summed E-state index contributed by atoms with van der Waals surface area (Å²) in [6.45, 7) is 1.87. The van der Waals surface area contributed by atoms with Crippen molar-refractivity contribution in [2.75, 3.05) is 14.1 Å². The number of halogens is 1. The van der Waals surface area contributed by atoms with E-state index in [0.717, 1.165) is 17.3 Å². The van der Waals surface area contributed by atoms with Gasteiger partial charge in [0.15, 0.2) is 5.60 Å². The van der Waals surface area contributed by atoms with E-state index in [0.29, 0.717) is 36.1 Å². The minimum absolute atomic E-state index is 0.170. The van der Waals surface area contributed by atoms with Crippen molar-refractivity contribution in [2.24, 2.45) is 11.0 Å². The van der Waals surface area contributed by atoms with E-state index in [4.69, 9.17) is 4.74 Å². The van der Waals surface area contributed by atoms with E-state index in [1.165, 1.54) is 7.05 Å². The van der Waals surface area contributed by atoms with Crippen LogP contribution in [0.25, 0.3) is 0 Å². The van der Waals surface area contributed by atoms with Crippen LogP contribution in [0, 0.1) is 5.92 Å². The Morgan fingerprint density at radius 2 is 1.91 bits per heavy atom. The van der Waals surface area contributed by atoms with Crippen molar-refractivity contribution in [2.45, 2.75) is 50.7 Å². The van der Waals surface area contributed by atoms with Gasteiger partial charge in [-0.15, -0.1) is 0 Å². The molecule has 1 aliphatic heterocycles. The molecule has 0 radical (unpaired) electrons. The van der Waals surface area contributed by atoms with Crippen LogP contribution in [0.4, 0.5) is 4.79 Å². The highest BCUT2D eigenvalue weighted by molar-refractivity contribution is 9.10. The van der Waals surface area contributed by atoms with Crippen LogP contribution >= 0.6 is 15.9 Å². The number of nitrogens with zero attached hydrogens (tertiary/aromatic N) is 1. The van der Waals surface area contributed by atoms with E-state index in [1.807, 2.05) is 6.92 Å². The molecule has 0 saturated heterocycles. The molecule has 4 N–H and O–H groups in total. The molecule has 33 heavy (non-hydrogen) atoms. The van der Waals surface area contributed by atoms with Gasteiger partial charge in [-0.05, 0) is 63.1 Å². The molecule has 10 nitrogen and oxygen atoms in total. The molecule has 0 unspecified atom stereocenters. The van der Waals surface area contributed by atoms with E-state index in [9.17, 15) is 19.2 Å². The third kappa shape index (κ3) is 5.52. The summed E-state index contributed by atoms with van der Waals surface area (Å²) in [5, 5.41) is 11.9. The van der Waals surface area contributed by atoms with Crippen LogP contribution in [0.1, 0.15) is 54.9 Å². The Labute approximate surface area is 200 Å². The maximum absolute atomic E-state index is 12.1. The highest BCUT2D eigenvalue weighted by Crippen LogP contribution is 2.41.